The van der Waals surface area contributed by atoms with Crippen LogP contribution in [-0.4, -0.2) is 22.6 Å². The third-order valence-corrected chi connectivity index (χ3v) is 4.35. The van der Waals surface area contributed by atoms with Gasteiger partial charge in [-0.05, 0) is 36.6 Å². The van der Waals surface area contributed by atoms with E-state index in [1.165, 1.54) is 17.1 Å². The first-order chi connectivity index (χ1) is 12.4. The monoisotopic (exact) mass is 353 g/mol. The number of benzene rings is 2. The summed E-state index contributed by atoms with van der Waals surface area (Å²) in [7, 11) is 0. The number of carbonyl (C=O) groups excluding carboxylic acids is 2. The lowest BCUT2D eigenvalue weighted by atomic mass is 9.98. The van der Waals surface area contributed by atoms with E-state index >= 15 is 0 Å². The van der Waals surface area contributed by atoms with Crippen molar-refractivity contribution in [3.05, 3.63) is 71.0 Å². The average molecular weight is 353 g/mol. The summed E-state index contributed by atoms with van der Waals surface area (Å²) in [6, 6.07) is 13.3. The van der Waals surface area contributed by atoms with Crippen LogP contribution < -0.4 is 5.11 Å². The Labute approximate surface area is 150 Å². The van der Waals surface area contributed by atoms with Crippen molar-refractivity contribution >= 4 is 17.6 Å². The van der Waals surface area contributed by atoms with E-state index in [0.29, 0.717) is 6.42 Å². The van der Waals surface area contributed by atoms with Crippen molar-refractivity contribution in [3.8, 4) is 0 Å². The van der Waals surface area contributed by atoms with Crippen molar-refractivity contribution in [2.24, 2.45) is 5.10 Å². The van der Waals surface area contributed by atoms with Crippen LogP contribution in [0.2, 0.25) is 0 Å². The SMILES string of the molecule is Cc1ccc(C2=NN(C(=O)CCC(=O)[O-])[C@H](c3ccc(F)cc3)C2)cc1. The Bertz CT molecular complexity index is 844. The molecule has 0 N–H and O–H groups in total. The number of amides is 1. The predicted molar refractivity (Wildman–Crippen MR) is 92.6 cm³/mol. The van der Waals surface area contributed by atoms with E-state index in [9.17, 15) is 19.1 Å². The molecule has 6 heteroatoms. The molecular formula is C20H18FN2O3-. The molecule has 1 atom stereocenters. The Morgan fingerprint density at radius 2 is 1.77 bits per heavy atom. The third-order valence-electron chi connectivity index (χ3n) is 4.35. The maximum atomic E-state index is 13.2. The summed E-state index contributed by atoms with van der Waals surface area (Å²) in [6.07, 6.45) is -0.0721. The molecule has 0 fully saturated rings. The molecule has 0 bridgehead atoms. The van der Waals surface area contributed by atoms with Crippen molar-refractivity contribution < 1.29 is 19.1 Å². The van der Waals surface area contributed by atoms with Crippen molar-refractivity contribution in [2.75, 3.05) is 0 Å². The second-order valence-electron chi connectivity index (χ2n) is 6.29. The van der Waals surface area contributed by atoms with E-state index in [0.717, 1.165) is 22.4 Å². The molecule has 5 nitrogen and oxygen atoms in total. The van der Waals surface area contributed by atoms with Crippen LogP contribution in [0.1, 0.15) is 42.0 Å². The molecule has 0 saturated heterocycles. The smallest absolute Gasteiger partial charge is 0.243 e. The van der Waals surface area contributed by atoms with E-state index < -0.39 is 11.9 Å². The molecule has 0 spiro atoms. The molecule has 0 aliphatic carbocycles. The highest BCUT2D eigenvalue weighted by molar-refractivity contribution is 6.03. The molecule has 0 saturated carbocycles. The normalized spacial score (nSPS) is 16.5. The Kier molecular flexibility index (Phi) is 5.11. The van der Waals surface area contributed by atoms with Crippen LogP contribution in [-0.2, 0) is 9.59 Å². The van der Waals surface area contributed by atoms with Gasteiger partial charge in [0.25, 0.3) is 0 Å². The number of hydrogen-bond donors (Lipinski definition) is 0. The summed E-state index contributed by atoms with van der Waals surface area (Å²) in [6.45, 7) is 1.98. The van der Waals surface area contributed by atoms with Gasteiger partial charge in [-0.1, -0.05) is 42.0 Å². The van der Waals surface area contributed by atoms with Crippen LogP contribution in [0.15, 0.2) is 53.6 Å². The average Bonchev–Trinajstić information content (AvgIpc) is 3.06. The van der Waals surface area contributed by atoms with Crippen LogP contribution in [0.4, 0.5) is 4.39 Å². The van der Waals surface area contributed by atoms with Gasteiger partial charge in [0.15, 0.2) is 0 Å². The summed E-state index contributed by atoms with van der Waals surface area (Å²) >= 11 is 0. The summed E-state index contributed by atoms with van der Waals surface area (Å²) in [5.41, 5.74) is 3.50. The number of rotatable bonds is 5. The number of aryl methyl sites for hydroxylation is 1. The molecule has 26 heavy (non-hydrogen) atoms. The van der Waals surface area contributed by atoms with Gasteiger partial charge >= 0.3 is 0 Å². The van der Waals surface area contributed by atoms with E-state index in [1.807, 2.05) is 31.2 Å². The number of carboxylic acids is 1. The number of carbonyl (C=O) groups is 2. The first-order valence-corrected chi connectivity index (χ1v) is 8.36. The zero-order chi connectivity index (χ0) is 18.7. The Morgan fingerprint density at radius 1 is 1.12 bits per heavy atom. The van der Waals surface area contributed by atoms with Crippen LogP contribution >= 0.6 is 0 Å². The van der Waals surface area contributed by atoms with Gasteiger partial charge < -0.3 is 9.90 Å². The van der Waals surface area contributed by atoms with E-state index in [1.54, 1.807) is 12.1 Å². The zero-order valence-corrected chi connectivity index (χ0v) is 14.3. The van der Waals surface area contributed by atoms with E-state index in [2.05, 4.69) is 5.10 Å². The van der Waals surface area contributed by atoms with Gasteiger partial charge in [0.2, 0.25) is 5.91 Å². The highest BCUT2D eigenvalue weighted by atomic mass is 19.1. The van der Waals surface area contributed by atoms with Gasteiger partial charge in [-0.2, -0.15) is 5.10 Å². The van der Waals surface area contributed by atoms with Gasteiger partial charge in [-0.25, -0.2) is 9.40 Å². The number of halogens is 1. The van der Waals surface area contributed by atoms with Gasteiger partial charge in [-0.3, -0.25) is 4.79 Å². The first-order valence-electron chi connectivity index (χ1n) is 8.36. The summed E-state index contributed by atoms with van der Waals surface area (Å²) < 4.78 is 13.2. The number of nitrogens with zero attached hydrogens (tertiary/aromatic N) is 2. The Balaban J connectivity index is 1.89. The minimum absolute atomic E-state index is 0.190. The molecule has 0 aromatic heterocycles. The lowest BCUT2D eigenvalue weighted by molar-refractivity contribution is -0.305. The number of hydrogen-bond acceptors (Lipinski definition) is 4. The lowest BCUT2D eigenvalue weighted by Gasteiger charge is -2.22. The van der Waals surface area contributed by atoms with Crippen LogP contribution in [0.5, 0.6) is 0 Å². The molecule has 1 heterocycles. The third kappa shape index (κ3) is 3.96. The highest BCUT2D eigenvalue weighted by Crippen LogP contribution is 2.33. The minimum Gasteiger partial charge on any atom is -0.550 e. The molecule has 3 rings (SSSR count). The standard InChI is InChI=1S/C20H19FN2O3/c1-13-2-4-14(5-3-13)17-12-18(15-6-8-16(21)9-7-15)23(22-17)19(24)10-11-20(25)26/h2-9,18H,10-12H2,1H3,(H,25,26)/p-1/t18-/m0/s1. The zero-order valence-electron chi connectivity index (χ0n) is 14.3. The maximum absolute atomic E-state index is 13.2. The maximum Gasteiger partial charge on any atom is 0.243 e. The van der Waals surface area contributed by atoms with Crippen LogP contribution in [0, 0.1) is 12.7 Å². The molecule has 134 valence electrons. The highest BCUT2D eigenvalue weighted by Gasteiger charge is 2.32. The van der Waals surface area contributed by atoms with Crippen molar-refractivity contribution in [1.82, 2.24) is 5.01 Å². The fourth-order valence-electron chi connectivity index (χ4n) is 2.93. The largest absolute Gasteiger partial charge is 0.550 e. The molecule has 1 aliphatic rings. The second-order valence-corrected chi connectivity index (χ2v) is 6.29. The predicted octanol–water partition coefficient (Wildman–Crippen LogP) is 2.34. The summed E-state index contributed by atoms with van der Waals surface area (Å²) in [5, 5.41) is 16.4. The van der Waals surface area contributed by atoms with Gasteiger partial charge in [-0.15, -0.1) is 0 Å². The van der Waals surface area contributed by atoms with Gasteiger partial charge in [0.1, 0.15) is 5.82 Å². The quantitative estimate of drug-likeness (QED) is 0.828. The van der Waals surface area contributed by atoms with Crippen LogP contribution in [0.3, 0.4) is 0 Å². The van der Waals surface area contributed by atoms with E-state index in [-0.39, 0.29) is 24.7 Å². The first kappa shape index (κ1) is 17.8. The minimum atomic E-state index is -1.28. The number of aliphatic carboxylic acids is 1. The van der Waals surface area contributed by atoms with Crippen molar-refractivity contribution in [1.29, 1.82) is 0 Å². The molecule has 2 aromatic rings. The van der Waals surface area contributed by atoms with E-state index in [4.69, 9.17) is 0 Å². The molecule has 1 amide bonds. The molecule has 1 aliphatic heterocycles. The lowest BCUT2D eigenvalue weighted by Crippen LogP contribution is -2.29. The van der Waals surface area contributed by atoms with Gasteiger partial charge in [0.05, 0.1) is 11.8 Å². The topological polar surface area (TPSA) is 72.8 Å². The molecule has 0 radical (unpaired) electrons. The summed E-state index contributed by atoms with van der Waals surface area (Å²) in [4.78, 5) is 23.2. The molecule has 2 aromatic carbocycles. The Morgan fingerprint density at radius 3 is 2.38 bits per heavy atom. The summed E-state index contributed by atoms with van der Waals surface area (Å²) in [5.74, 6) is -2.04. The van der Waals surface area contributed by atoms with Crippen molar-refractivity contribution in [2.45, 2.75) is 32.2 Å². The fraction of sp³-hybridized carbons (Fsp3) is 0.250. The Hall–Kier alpha value is -3.02. The number of carboxylic acid groups (broad SMARTS) is 1. The second kappa shape index (κ2) is 7.47. The fourth-order valence-corrected chi connectivity index (χ4v) is 2.93. The molecular weight excluding hydrogens is 335 g/mol. The number of hydrazone groups is 1. The van der Waals surface area contributed by atoms with Crippen molar-refractivity contribution in [3.63, 3.8) is 0 Å². The van der Waals surface area contributed by atoms with Crippen LogP contribution in [0.25, 0.3) is 0 Å². The van der Waals surface area contributed by atoms with Gasteiger partial charge in [0, 0.05) is 18.8 Å². The molecule has 0 unspecified atom stereocenters.